The van der Waals surface area contributed by atoms with Gasteiger partial charge in [-0.25, -0.2) is 4.99 Å². The maximum atomic E-state index is 11.0. The molecule has 208 valence electrons. The standard InChI is InChI=1S/C31H49NO5/c1-16-29-15-14-28(7)21-11-9-19(24(34)27(5,6)35)37-31(21)25(36-17(2)32-31)23(28)18(29)8-10-20-26(3,4)22(33)12-13-30(16,20)29/h16,18-25,33-35H,8-15H2,1-7H3/t16-,18-,19+,20?,21?,22-,23?,24-,25?,28+,29-,30?,31?/m0/s1. The lowest BCUT2D eigenvalue weighted by atomic mass is 9.46. The number of hydrogen-bond donors (Lipinski definition) is 3. The van der Waals surface area contributed by atoms with Gasteiger partial charge in [-0.15, -0.1) is 0 Å². The van der Waals surface area contributed by atoms with Crippen LogP contribution >= 0.6 is 0 Å². The second-order valence-corrected chi connectivity index (χ2v) is 15.8. The van der Waals surface area contributed by atoms with Gasteiger partial charge in [0.1, 0.15) is 6.10 Å². The minimum atomic E-state index is -1.23. The van der Waals surface area contributed by atoms with Gasteiger partial charge in [-0.2, -0.15) is 0 Å². The van der Waals surface area contributed by atoms with Crippen molar-refractivity contribution in [1.82, 2.24) is 0 Å². The van der Waals surface area contributed by atoms with Gasteiger partial charge >= 0.3 is 0 Å². The fourth-order valence-electron chi connectivity index (χ4n) is 12.6. The van der Waals surface area contributed by atoms with Crippen molar-refractivity contribution in [3.8, 4) is 0 Å². The molecule has 5 saturated carbocycles. The predicted octanol–water partition coefficient (Wildman–Crippen LogP) is 4.69. The van der Waals surface area contributed by atoms with Crippen molar-refractivity contribution in [2.45, 2.75) is 136 Å². The zero-order chi connectivity index (χ0) is 26.6. The summed E-state index contributed by atoms with van der Waals surface area (Å²) in [6, 6.07) is 0. The van der Waals surface area contributed by atoms with Gasteiger partial charge in [-0.05, 0) is 105 Å². The zero-order valence-corrected chi connectivity index (χ0v) is 24.0. The third-order valence-corrected chi connectivity index (χ3v) is 14.1. The van der Waals surface area contributed by atoms with Crippen LogP contribution in [0.2, 0.25) is 0 Å². The Morgan fingerprint density at radius 2 is 1.68 bits per heavy atom. The Labute approximate surface area is 222 Å². The number of rotatable bonds is 2. The van der Waals surface area contributed by atoms with Gasteiger partial charge in [0.15, 0.2) is 12.0 Å². The van der Waals surface area contributed by atoms with Crippen LogP contribution in [0.3, 0.4) is 0 Å². The molecular weight excluding hydrogens is 466 g/mol. The van der Waals surface area contributed by atoms with Gasteiger partial charge in [0, 0.05) is 18.8 Å². The number of hydrogen-bond acceptors (Lipinski definition) is 6. The third-order valence-electron chi connectivity index (χ3n) is 14.1. The summed E-state index contributed by atoms with van der Waals surface area (Å²) in [7, 11) is 0. The number of aliphatic hydroxyl groups excluding tert-OH is 2. The minimum absolute atomic E-state index is 0.0280. The predicted molar refractivity (Wildman–Crippen MR) is 141 cm³/mol. The summed E-state index contributed by atoms with van der Waals surface area (Å²) in [5.41, 5.74) is -1.24. The highest BCUT2D eigenvalue weighted by molar-refractivity contribution is 5.76. The van der Waals surface area contributed by atoms with Crippen molar-refractivity contribution in [2.75, 3.05) is 0 Å². The van der Waals surface area contributed by atoms with Gasteiger partial charge in [-0.3, -0.25) is 0 Å². The monoisotopic (exact) mass is 515 g/mol. The van der Waals surface area contributed by atoms with Gasteiger partial charge in [0.05, 0.1) is 17.8 Å². The Kier molecular flexibility index (Phi) is 4.88. The molecule has 0 bridgehead atoms. The molecule has 6 fully saturated rings. The smallest absolute Gasteiger partial charge is 0.203 e. The molecule has 0 aromatic heterocycles. The van der Waals surface area contributed by atoms with Gasteiger partial charge in [0.25, 0.3) is 0 Å². The fraction of sp³-hybridized carbons (Fsp3) is 0.968. The highest BCUT2D eigenvalue weighted by Crippen LogP contribution is 2.90. The molecule has 6 nitrogen and oxygen atoms in total. The molecule has 3 N–H and O–H groups in total. The average molecular weight is 516 g/mol. The van der Waals surface area contributed by atoms with Crippen LogP contribution in [0.4, 0.5) is 0 Å². The molecule has 0 amide bonds. The molecule has 7 aliphatic rings. The van der Waals surface area contributed by atoms with Crippen LogP contribution < -0.4 is 0 Å². The molecule has 0 aromatic carbocycles. The Morgan fingerprint density at radius 3 is 2.38 bits per heavy atom. The molecule has 1 saturated heterocycles. The molecule has 7 rings (SSSR count). The van der Waals surface area contributed by atoms with Crippen molar-refractivity contribution in [3.05, 3.63) is 0 Å². The lowest BCUT2D eigenvalue weighted by Crippen LogP contribution is -2.56. The zero-order valence-electron chi connectivity index (χ0n) is 24.0. The molecule has 3 spiro atoms. The highest BCUT2D eigenvalue weighted by Gasteiger charge is 2.87. The van der Waals surface area contributed by atoms with Crippen molar-refractivity contribution in [1.29, 1.82) is 0 Å². The maximum absolute atomic E-state index is 11.0. The highest BCUT2D eigenvalue weighted by atomic mass is 16.6. The summed E-state index contributed by atoms with van der Waals surface area (Å²) in [4.78, 5) is 5.14. The average Bonchev–Trinajstić information content (AvgIpc) is 3.06. The molecule has 2 aliphatic heterocycles. The Bertz CT molecular complexity index is 1040. The van der Waals surface area contributed by atoms with Crippen LogP contribution in [-0.4, -0.2) is 57.0 Å². The molecule has 5 aliphatic carbocycles. The van der Waals surface area contributed by atoms with E-state index in [1.54, 1.807) is 13.8 Å². The quantitative estimate of drug-likeness (QED) is 0.496. The second kappa shape index (κ2) is 7.14. The molecular formula is C31H49NO5. The van der Waals surface area contributed by atoms with E-state index >= 15 is 0 Å². The van der Waals surface area contributed by atoms with E-state index in [2.05, 4.69) is 27.7 Å². The Morgan fingerprint density at radius 1 is 0.973 bits per heavy atom. The van der Waals surface area contributed by atoms with Crippen LogP contribution in [0.15, 0.2) is 4.99 Å². The van der Waals surface area contributed by atoms with E-state index in [1.807, 2.05) is 6.92 Å². The van der Waals surface area contributed by atoms with Gasteiger partial charge in [-0.1, -0.05) is 27.7 Å². The van der Waals surface area contributed by atoms with E-state index in [9.17, 15) is 15.3 Å². The summed E-state index contributed by atoms with van der Waals surface area (Å²) in [5.74, 6) is 3.21. The normalized spacial score (nSPS) is 57.9. The SMILES string of the molecule is CC1=NC23O[C@@H]([C@H](O)C(C)(C)O)CCC2[C@@]2(C)CC[C@@]45[C@H](C)C46CC[C@H](O)C(C)(C)C6CC[C@H]5C2C3O1. The minimum Gasteiger partial charge on any atom is -0.472 e. The molecule has 37 heavy (non-hydrogen) atoms. The number of ether oxygens (including phenoxy) is 2. The summed E-state index contributed by atoms with van der Waals surface area (Å²) in [6.07, 6.45) is 6.90. The number of aliphatic hydroxyl groups is 3. The van der Waals surface area contributed by atoms with E-state index in [4.69, 9.17) is 14.5 Å². The van der Waals surface area contributed by atoms with Crippen LogP contribution in [0.25, 0.3) is 0 Å². The first kappa shape index (κ1) is 25.3. The number of fused-ring (bicyclic) bond motifs is 4. The molecule has 2 heterocycles. The fourth-order valence-corrected chi connectivity index (χ4v) is 12.6. The lowest BCUT2D eigenvalue weighted by Gasteiger charge is -2.59. The third kappa shape index (κ3) is 2.66. The first-order valence-corrected chi connectivity index (χ1v) is 15.2. The maximum Gasteiger partial charge on any atom is 0.203 e. The molecule has 13 atom stereocenters. The Hall–Kier alpha value is -0.690. The van der Waals surface area contributed by atoms with Crippen LogP contribution in [0, 0.1) is 51.2 Å². The van der Waals surface area contributed by atoms with Gasteiger partial charge in [0.2, 0.25) is 5.72 Å². The van der Waals surface area contributed by atoms with Crippen molar-refractivity contribution in [2.24, 2.45) is 56.2 Å². The largest absolute Gasteiger partial charge is 0.472 e. The van der Waals surface area contributed by atoms with Crippen LogP contribution in [0.1, 0.15) is 99.8 Å². The molecule has 0 radical (unpaired) electrons. The summed E-state index contributed by atoms with van der Waals surface area (Å²) in [6.45, 7) is 15.0. The lowest BCUT2D eigenvalue weighted by molar-refractivity contribution is -0.227. The first-order chi connectivity index (χ1) is 17.2. The Balaban J connectivity index is 1.29. The summed E-state index contributed by atoms with van der Waals surface area (Å²) < 4.78 is 13.6. The summed E-state index contributed by atoms with van der Waals surface area (Å²) >= 11 is 0. The second-order valence-electron chi connectivity index (χ2n) is 15.8. The van der Waals surface area contributed by atoms with E-state index in [1.165, 1.54) is 25.7 Å². The van der Waals surface area contributed by atoms with E-state index in [0.717, 1.165) is 25.7 Å². The van der Waals surface area contributed by atoms with E-state index < -0.39 is 23.5 Å². The van der Waals surface area contributed by atoms with E-state index in [0.29, 0.717) is 40.4 Å². The van der Waals surface area contributed by atoms with Crippen LogP contribution in [-0.2, 0) is 9.47 Å². The van der Waals surface area contributed by atoms with Crippen molar-refractivity contribution >= 4 is 5.90 Å². The molecule has 6 unspecified atom stereocenters. The van der Waals surface area contributed by atoms with Crippen molar-refractivity contribution in [3.63, 3.8) is 0 Å². The van der Waals surface area contributed by atoms with E-state index in [-0.39, 0.29) is 29.0 Å². The topological polar surface area (TPSA) is 91.5 Å². The number of aliphatic imine (C=N–C) groups is 1. The summed E-state index contributed by atoms with van der Waals surface area (Å²) in [5, 5.41) is 32.6. The van der Waals surface area contributed by atoms with Crippen molar-refractivity contribution < 1.29 is 24.8 Å². The number of nitrogens with zero attached hydrogens (tertiary/aromatic N) is 1. The molecule has 0 aromatic rings. The van der Waals surface area contributed by atoms with Crippen LogP contribution in [0.5, 0.6) is 0 Å². The molecule has 6 heteroatoms. The first-order valence-electron chi connectivity index (χ1n) is 15.2. The van der Waals surface area contributed by atoms with Gasteiger partial charge < -0.3 is 24.8 Å².